The lowest BCUT2D eigenvalue weighted by Gasteiger charge is -2.23. The molecule has 0 heterocycles. The van der Waals surface area contributed by atoms with Crippen LogP contribution in [-0.2, 0) is 18.4 Å². The minimum absolute atomic E-state index is 0.0692. The molecule has 286 valence electrons. The number of allylic oxidation sites excluding steroid dienone is 7. The molecule has 0 radical (unpaired) electrons. The van der Waals surface area contributed by atoms with E-state index in [1.54, 1.807) is 6.08 Å². The van der Waals surface area contributed by atoms with Crippen LogP contribution in [0.2, 0.25) is 0 Å². The Hall–Kier alpha value is -1.54. The highest BCUT2D eigenvalue weighted by Gasteiger charge is 2.26. The van der Waals surface area contributed by atoms with Crippen molar-refractivity contribution in [3.8, 4) is 0 Å². The second-order valence-electron chi connectivity index (χ2n) is 13.1. The summed E-state index contributed by atoms with van der Waals surface area (Å²) in [6.45, 7) is 4.06. The molecule has 5 N–H and O–H groups in total. The van der Waals surface area contributed by atoms with E-state index in [1.807, 2.05) is 6.08 Å². The number of nitrogens with two attached hydrogens (primary N) is 1. The minimum Gasteiger partial charge on any atom is -0.387 e. The van der Waals surface area contributed by atoms with Gasteiger partial charge >= 0.3 is 7.82 Å². The number of nitrogens with one attached hydrogen (secondary N) is 1. The average Bonchev–Trinajstić information content (AvgIpc) is 3.09. The van der Waals surface area contributed by atoms with Crippen molar-refractivity contribution in [2.24, 2.45) is 5.73 Å². The lowest BCUT2D eigenvalue weighted by molar-refractivity contribution is -0.123. The Kier molecular flexibility index (Phi) is 35.1. The fraction of sp³-hybridized carbons (Fsp3) is 0.775. The van der Waals surface area contributed by atoms with E-state index in [2.05, 4.69) is 55.6 Å². The van der Waals surface area contributed by atoms with Gasteiger partial charge in [0.2, 0.25) is 5.91 Å². The SMILES string of the molecule is CCCCCC/C=C\CCCCCCCC(=O)NC(COP(=O)(O)OCCN)C(O)/C=C/CC/C=C/CC/C=C/CCCCCCCCC. The molecular weight excluding hydrogens is 635 g/mol. The first-order chi connectivity index (χ1) is 23.9. The molecule has 3 atom stereocenters. The van der Waals surface area contributed by atoms with Crippen LogP contribution in [0.25, 0.3) is 0 Å². The van der Waals surface area contributed by atoms with Gasteiger partial charge in [-0.3, -0.25) is 13.8 Å². The zero-order chi connectivity index (χ0) is 36.1. The standard InChI is InChI=1S/C40H75N2O6P/c1-3-5-7-9-11-13-15-17-18-19-20-22-23-25-27-29-31-33-39(43)38(37-48-49(45,46)47-36-35-41)42-40(44)34-32-30-28-26-24-21-16-14-12-10-8-6-4-2/h14,16,18-19,23,25,31,33,38-39,43H,3-13,15,17,20-22,24,26-30,32,34-37,41H2,1-2H3,(H,42,44)(H,45,46)/b16-14-,19-18+,25-23+,33-31+. The number of amides is 1. The molecule has 0 aliphatic heterocycles. The number of aliphatic hydroxyl groups is 1. The number of carbonyl (C=O) groups excluding carboxylic acids is 1. The van der Waals surface area contributed by atoms with Crippen molar-refractivity contribution in [1.82, 2.24) is 5.32 Å². The number of unbranched alkanes of at least 4 members (excludes halogenated alkanes) is 18. The summed E-state index contributed by atoms with van der Waals surface area (Å²) in [6, 6.07) is -0.886. The minimum atomic E-state index is -4.35. The quantitative estimate of drug-likeness (QED) is 0.0289. The summed E-state index contributed by atoms with van der Waals surface area (Å²) >= 11 is 0. The molecule has 0 rings (SSSR count). The summed E-state index contributed by atoms with van der Waals surface area (Å²) in [5, 5.41) is 13.6. The van der Waals surface area contributed by atoms with E-state index < -0.39 is 20.0 Å². The van der Waals surface area contributed by atoms with Gasteiger partial charge in [-0.1, -0.05) is 140 Å². The lowest BCUT2D eigenvalue weighted by atomic mass is 10.1. The van der Waals surface area contributed by atoms with Gasteiger partial charge in [0.1, 0.15) is 0 Å². The zero-order valence-electron chi connectivity index (χ0n) is 31.4. The number of aliphatic hydroxyl groups excluding tert-OH is 1. The van der Waals surface area contributed by atoms with Crippen LogP contribution < -0.4 is 11.1 Å². The van der Waals surface area contributed by atoms with Crippen molar-refractivity contribution in [3.05, 3.63) is 48.6 Å². The highest BCUT2D eigenvalue weighted by Crippen LogP contribution is 2.43. The third-order valence-electron chi connectivity index (χ3n) is 8.35. The molecule has 0 saturated carbocycles. The van der Waals surface area contributed by atoms with Crippen molar-refractivity contribution >= 4 is 13.7 Å². The van der Waals surface area contributed by atoms with E-state index in [9.17, 15) is 19.4 Å². The summed E-state index contributed by atoms with van der Waals surface area (Å²) < 4.78 is 22.0. The molecule has 0 aromatic heterocycles. The number of phosphoric acid groups is 1. The Morgan fingerprint density at radius 2 is 1.08 bits per heavy atom. The van der Waals surface area contributed by atoms with Gasteiger partial charge in [-0.2, -0.15) is 0 Å². The van der Waals surface area contributed by atoms with Crippen molar-refractivity contribution in [3.63, 3.8) is 0 Å². The van der Waals surface area contributed by atoms with Crippen molar-refractivity contribution in [2.45, 2.75) is 180 Å². The van der Waals surface area contributed by atoms with Crippen LogP contribution in [0.3, 0.4) is 0 Å². The first-order valence-corrected chi connectivity index (χ1v) is 21.3. The number of hydrogen-bond acceptors (Lipinski definition) is 6. The Morgan fingerprint density at radius 1 is 0.653 bits per heavy atom. The van der Waals surface area contributed by atoms with E-state index in [-0.39, 0.29) is 25.7 Å². The van der Waals surface area contributed by atoms with Gasteiger partial charge in [0.15, 0.2) is 0 Å². The Morgan fingerprint density at radius 3 is 1.59 bits per heavy atom. The van der Waals surface area contributed by atoms with Crippen LogP contribution in [-0.4, -0.2) is 47.8 Å². The summed E-state index contributed by atoms with van der Waals surface area (Å²) in [5.41, 5.74) is 5.35. The molecule has 0 aliphatic carbocycles. The van der Waals surface area contributed by atoms with Crippen LogP contribution in [0.15, 0.2) is 48.6 Å². The third kappa shape index (κ3) is 34.7. The molecule has 8 nitrogen and oxygen atoms in total. The molecule has 0 aromatic rings. The molecule has 0 fully saturated rings. The van der Waals surface area contributed by atoms with Crippen molar-refractivity contribution < 1.29 is 28.4 Å². The summed E-state index contributed by atoms with van der Waals surface area (Å²) in [5.74, 6) is -0.220. The second kappa shape index (κ2) is 36.3. The van der Waals surface area contributed by atoms with Gasteiger partial charge in [0, 0.05) is 13.0 Å². The Bertz CT molecular complexity index is 907. The first kappa shape index (κ1) is 47.5. The van der Waals surface area contributed by atoms with Crippen LogP contribution in [0.5, 0.6) is 0 Å². The predicted molar refractivity (Wildman–Crippen MR) is 207 cm³/mol. The third-order valence-corrected chi connectivity index (χ3v) is 9.34. The van der Waals surface area contributed by atoms with E-state index in [0.29, 0.717) is 6.42 Å². The predicted octanol–water partition coefficient (Wildman–Crippen LogP) is 10.6. The van der Waals surface area contributed by atoms with E-state index in [0.717, 1.165) is 64.2 Å². The molecule has 0 saturated heterocycles. The maximum atomic E-state index is 12.7. The molecule has 0 aromatic carbocycles. The maximum absolute atomic E-state index is 12.7. The molecule has 0 spiro atoms. The average molecular weight is 711 g/mol. The first-order valence-electron chi connectivity index (χ1n) is 19.8. The molecule has 0 aliphatic rings. The number of rotatable bonds is 36. The molecule has 3 unspecified atom stereocenters. The molecule has 9 heteroatoms. The Balaban J connectivity index is 4.40. The van der Waals surface area contributed by atoms with Gasteiger partial charge < -0.3 is 21.1 Å². The summed E-state index contributed by atoms with van der Waals surface area (Å²) in [7, 11) is -4.35. The normalized spacial score (nSPS) is 14.8. The van der Waals surface area contributed by atoms with Gasteiger partial charge in [0.05, 0.1) is 25.4 Å². The Labute approximate surface area is 301 Å². The fourth-order valence-corrected chi connectivity index (χ4v) is 6.09. The zero-order valence-corrected chi connectivity index (χ0v) is 32.3. The molecule has 0 bridgehead atoms. The lowest BCUT2D eigenvalue weighted by Crippen LogP contribution is -2.45. The largest absolute Gasteiger partial charge is 0.472 e. The van der Waals surface area contributed by atoms with Crippen LogP contribution in [0.4, 0.5) is 0 Å². The molecule has 49 heavy (non-hydrogen) atoms. The number of carbonyl (C=O) groups is 1. The van der Waals surface area contributed by atoms with E-state index in [1.165, 1.54) is 83.5 Å². The van der Waals surface area contributed by atoms with Crippen LogP contribution in [0, 0.1) is 0 Å². The smallest absolute Gasteiger partial charge is 0.387 e. The van der Waals surface area contributed by atoms with E-state index >= 15 is 0 Å². The van der Waals surface area contributed by atoms with Crippen LogP contribution >= 0.6 is 7.82 Å². The summed E-state index contributed by atoms with van der Waals surface area (Å²) in [6.07, 6.45) is 43.0. The van der Waals surface area contributed by atoms with Gasteiger partial charge in [-0.15, -0.1) is 0 Å². The van der Waals surface area contributed by atoms with Gasteiger partial charge in [0.25, 0.3) is 0 Å². The molecule has 1 amide bonds. The highest BCUT2D eigenvalue weighted by molar-refractivity contribution is 7.47. The number of hydrogen-bond donors (Lipinski definition) is 4. The van der Waals surface area contributed by atoms with Gasteiger partial charge in [-0.05, 0) is 70.6 Å². The monoisotopic (exact) mass is 711 g/mol. The second-order valence-corrected chi connectivity index (χ2v) is 14.6. The highest BCUT2D eigenvalue weighted by atomic mass is 31.2. The van der Waals surface area contributed by atoms with Crippen LogP contribution in [0.1, 0.15) is 168 Å². The fourth-order valence-electron chi connectivity index (χ4n) is 5.33. The number of phosphoric ester groups is 1. The van der Waals surface area contributed by atoms with Gasteiger partial charge in [-0.25, -0.2) is 4.57 Å². The molecular formula is C40H75N2O6P. The summed E-state index contributed by atoms with van der Waals surface area (Å²) in [4.78, 5) is 22.6. The topological polar surface area (TPSA) is 131 Å². The van der Waals surface area contributed by atoms with Crippen molar-refractivity contribution in [2.75, 3.05) is 19.8 Å². The maximum Gasteiger partial charge on any atom is 0.472 e. The van der Waals surface area contributed by atoms with E-state index in [4.69, 9.17) is 14.8 Å². The van der Waals surface area contributed by atoms with Crippen molar-refractivity contribution in [1.29, 1.82) is 0 Å².